The first-order chi connectivity index (χ1) is 24.8. The van der Waals surface area contributed by atoms with Gasteiger partial charge in [-0.2, -0.15) is 0 Å². The molecule has 0 saturated heterocycles. The number of rotatable bonds is 5. The maximum Gasteiger partial charge on any atom is 0.0562 e. The van der Waals surface area contributed by atoms with Gasteiger partial charge in [-0.3, -0.25) is 0 Å². The van der Waals surface area contributed by atoms with Gasteiger partial charge in [0.05, 0.1) is 6.04 Å². The Morgan fingerprint density at radius 3 is 2.52 bits per heavy atom. The van der Waals surface area contributed by atoms with Crippen LogP contribution < -0.4 is 4.90 Å². The fraction of sp³-hybridized carbons (Fsp3) is 0.333. The van der Waals surface area contributed by atoms with E-state index < -0.39 is 0 Å². The van der Waals surface area contributed by atoms with Gasteiger partial charge in [0.25, 0.3) is 0 Å². The lowest BCUT2D eigenvalue weighted by Gasteiger charge is -2.41. The molecule has 2 aliphatic heterocycles. The fourth-order valence-electron chi connectivity index (χ4n) is 10.5. The standard InChI is InChI=1S/C48H48N2/c1-3-13-33(14-4-1)35-17-11-19-39(29-35)49-45-23-9-7-21-41(45)43-31-37(25-27-47(43)49)38-26-28-48-44(32-38)42-22-8-10-24-46(42)50(48)40-20-12-18-36(30-40)34-15-5-2-6-16-34/h1,3-5,7-8,10-16,18-19,21-22,24,26,28,30-31,35,39-41,44-45H,2,6,9,17,20,23,25,27,29,32H2/t35-,39+,40?,41?,44+,45?/m1/s1. The predicted molar refractivity (Wildman–Crippen MR) is 208 cm³/mol. The highest BCUT2D eigenvalue weighted by molar-refractivity contribution is 5.72. The molecule has 0 amide bonds. The summed E-state index contributed by atoms with van der Waals surface area (Å²) < 4.78 is 0. The van der Waals surface area contributed by atoms with E-state index in [1.54, 1.807) is 22.4 Å². The number of allylic oxidation sites excluding steroid dienone is 15. The van der Waals surface area contributed by atoms with Gasteiger partial charge in [-0.25, -0.2) is 0 Å². The summed E-state index contributed by atoms with van der Waals surface area (Å²) in [5, 5.41) is 0. The second kappa shape index (κ2) is 12.6. The van der Waals surface area contributed by atoms with Crippen LogP contribution in [-0.2, 0) is 0 Å². The number of nitrogens with zero attached hydrogens (tertiary/aromatic N) is 2. The van der Waals surface area contributed by atoms with E-state index in [1.807, 2.05) is 0 Å². The van der Waals surface area contributed by atoms with Crippen molar-refractivity contribution in [2.75, 3.05) is 4.90 Å². The van der Waals surface area contributed by atoms with Crippen molar-refractivity contribution in [3.05, 3.63) is 184 Å². The summed E-state index contributed by atoms with van der Waals surface area (Å²) in [5.41, 5.74) is 15.0. The summed E-state index contributed by atoms with van der Waals surface area (Å²) in [7, 11) is 0. The Morgan fingerprint density at radius 2 is 1.60 bits per heavy atom. The van der Waals surface area contributed by atoms with Gasteiger partial charge in [-0.05, 0) is 121 Å². The van der Waals surface area contributed by atoms with Crippen LogP contribution in [0.15, 0.2) is 173 Å². The highest BCUT2D eigenvalue weighted by Gasteiger charge is 2.44. The Bertz CT molecular complexity index is 2000. The van der Waals surface area contributed by atoms with Gasteiger partial charge in [0.15, 0.2) is 0 Å². The van der Waals surface area contributed by atoms with Crippen LogP contribution in [0.25, 0.3) is 0 Å². The summed E-state index contributed by atoms with van der Waals surface area (Å²) in [4.78, 5) is 5.58. The molecule has 6 aliphatic carbocycles. The average molecular weight is 653 g/mol. The molecule has 6 atom stereocenters. The smallest absolute Gasteiger partial charge is 0.0562 e. The Morgan fingerprint density at radius 1 is 0.700 bits per heavy atom. The van der Waals surface area contributed by atoms with Crippen molar-refractivity contribution >= 4 is 5.69 Å². The van der Waals surface area contributed by atoms with Crippen LogP contribution in [0.4, 0.5) is 5.69 Å². The summed E-state index contributed by atoms with van der Waals surface area (Å²) in [6.07, 6.45) is 43.6. The van der Waals surface area contributed by atoms with E-state index in [-0.39, 0.29) is 0 Å². The van der Waals surface area contributed by atoms with Gasteiger partial charge in [0.2, 0.25) is 0 Å². The molecule has 0 spiro atoms. The SMILES string of the molecule is C1=CC(C2=CC(N3C4=CC=C(C5=CC6=C(CC5)N([C@H]5C=CC[C@@H](c7ccccc7)C5)C5CCC=CC65)C[C@H]4c4ccccc43)CC=C2)=CCC1. The fourth-order valence-corrected chi connectivity index (χ4v) is 10.5. The van der Waals surface area contributed by atoms with Crippen molar-refractivity contribution in [1.82, 2.24) is 4.90 Å². The van der Waals surface area contributed by atoms with Crippen LogP contribution in [0.1, 0.15) is 87.2 Å². The molecule has 2 heterocycles. The van der Waals surface area contributed by atoms with Crippen molar-refractivity contribution in [1.29, 1.82) is 0 Å². The topological polar surface area (TPSA) is 6.48 Å². The average Bonchev–Trinajstić information content (AvgIpc) is 3.71. The first kappa shape index (κ1) is 30.3. The van der Waals surface area contributed by atoms with E-state index in [4.69, 9.17) is 0 Å². The summed E-state index contributed by atoms with van der Waals surface area (Å²) >= 11 is 0. The van der Waals surface area contributed by atoms with Crippen molar-refractivity contribution < 1.29 is 0 Å². The van der Waals surface area contributed by atoms with Gasteiger partial charge >= 0.3 is 0 Å². The van der Waals surface area contributed by atoms with Crippen LogP contribution in [0.2, 0.25) is 0 Å². The quantitative estimate of drug-likeness (QED) is 0.297. The van der Waals surface area contributed by atoms with E-state index >= 15 is 0 Å². The van der Waals surface area contributed by atoms with Crippen LogP contribution in [0.5, 0.6) is 0 Å². The lowest BCUT2D eigenvalue weighted by molar-refractivity contribution is 0.179. The number of hydrogen-bond donors (Lipinski definition) is 0. The van der Waals surface area contributed by atoms with E-state index in [0.717, 1.165) is 44.9 Å². The molecular formula is C48H48N2. The molecule has 250 valence electrons. The number of fused-ring (bicyclic) bond motifs is 5. The highest BCUT2D eigenvalue weighted by Crippen LogP contribution is 2.53. The largest absolute Gasteiger partial charge is 0.364 e. The first-order valence-electron chi connectivity index (χ1n) is 19.4. The molecule has 2 aromatic carbocycles. The third-order valence-corrected chi connectivity index (χ3v) is 12.8. The number of hydrogen-bond acceptors (Lipinski definition) is 2. The van der Waals surface area contributed by atoms with Gasteiger partial charge in [-0.15, -0.1) is 0 Å². The predicted octanol–water partition coefficient (Wildman–Crippen LogP) is 11.5. The van der Waals surface area contributed by atoms with Gasteiger partial charge in [-0.1, -0.05) is 121 Å². The molecule has 0 radical (unpaired) electrons. The third kappa shape index (κ3) is 5.13. The zero-order chi connectivity index (χ0) is 33.0. The van der Waals surface area contributed by atoms with Gasteiger partial charge in [0, 0.05) is 41.0 Å². The minimum absolute atomic E-state index is 0.343. The molecule has 2 nitrogen and oxygen atoms in total. The molecular weight excluding hydrogens is 605 g/mol. The first-order valence-corrected chi connectivity index (χ1v) is 19.4. The van der Waals surface area contributed by atoms with E-state index in [2.05, 4.69) is 143 Å². The van der Waals surface area contributed by atoms with E-state index in [0.29, 0.717) is 35.9 Å². The van der Waals surface area contributed by atoms with Crippen LogP contribution in [0.3, 0.4) is 0 Å². The Labute approximate surface area is 298 Å². The molecule has 0 saturated carbocycles. The molecule has 0 bridgehead atoms. The zero-order valence-corrected chi connectivity index (χ0v) is 29.1. The van der Waals surface area contributed by atoms with Crippen molar-refractivity contribution in [2.45, 2.75) is 94.2 Å². The molecule has 0 N–H and O–H groups in total. The lowest BCUT2D eigenvalue weighted by Crippen LogP contribution is -2.42. The van der Waals surface area contributed by atoms with Crippen LogP contribution in [-0.4, -0.2) is 23.0 Å². The van der Waals surface area contributed by atoms with Gasteiger partial charge in [0.1, 0.15) is 0 Å². The molecule has 2 heteroatoms. The summed E-state index contributed by atoms with van der Waals surface area (Å²) in [6, 6.07) is 21.9. The molecule has 50 heavy (non-hydrogen) atoms. The lowest BCUT2D eigenvalue weighted by atomic mass is 9.79. The van der Waals surface area contributed by atoms with E-state index in [9.17, 15) is 0 Å². The summed E-state index contributed by atoms with van der Waals surface area (Å²) in [5.74, 6) is 1.55. The summed E-state index contributed by atoms with van der Waals surface area (Å²) in [6.45, 7) is 0. The van der Waals surface area contributed by atoms with Crippen LogP contribution in [0, 0.1) is 5.92 Å². The molecule has 0 fully saturated rings. The van der Waals surface area contributed by atoms with Gasteiger partial charge < -0.3 is 9.80 Å². The second-order valence-electron chi connectivity index (χ2n) is 15.6. The monoisotopic (exact) mass is 652 g/mol. The Kier molecular flexibility index (Phi) is 7.66. The second-order valence-corrected chi connectivity index (χ2v) is 15.6. The van der Waals surface area contributed by atoms with Crippen molar-refractivity contribution in [2.24, 2.45) is 5.92 Å². The number of benzene rings is 2. The van der Waals surface area contributed by atoms with Crippen LogP contribution >= 0.6 is 0 Å². The molecule has 3 unspecified atom stereocenters. The Balaban J connectivity index is 0.963. The van der Waals surface area contributed by atoms with Crippen molar-refractivity contribution in [3.63, 3.8) is 0 Å². The number of anilines is 1. The minimum Gasteiger partial charge on any atom is -0.364 e. The molecule has 10 rings (SSSR count). The normalized spacial score (nSPS) is 30.9. The Hall–Kier alpha value is -4.56. The van der Waals surface area contributed by atoms with Crippen molar-refractivity contribution in [3.8, 4) is 0 Å². The molecule has 0 aromatic heterocycles. The maximum atomic E-state index is 2.90. The maximum absolute atomic E-state index is 2.90. The highest BCUT2D eigenvalue weighted by atomic mass is 15.2. The third-order valence-electron chi connectivity index (χ3n) is 12.8. The minimum atomic E-state index is 0.343. The number of para-hydroxylation sites is 1. The molecule has 2 aromatic rings. The zero-order valence-electron chi connectivity index (χ0n) is 29.1. The van der Waals surface area contributed by atoms with E-state index in [1.165, 1.54) is 52.9 Å². The molecule has 8 aliphatic rings.